The van der Waals surface area contributed by atoms with E-state index in [0.717, 1.165) is 32.6 Å². The van der Waals surface area contributed by atoms with Gasteiger partial charge in [0.2, 0.25) is 11.8 Å². The van der Waals surface area contributed by atoms with Crippen LogP contribution < -0.4 is 5.32 Å². The molecule has 0 aliphatic heterocycles. The van der Waals surface area contributed by atoms with Crippen molar-refractivity contribution in [1.29, 1.82) is 0 Å². The summed E-state index contributed by atoms with van der Waals surface area (Å²) in [5.74, 6) is 1.47. The molecule has 29 heavy (non-hydrogen) atoms. The van der Waals surface area contributed by atoms with Gasteiger partial charge in [-0.3, -0.25) is 4.79 Å². The van der Waals surface area contributed by atoms with Gasteiger partial charge in [-0.2, -0.15) is 0 Å². The van der Waals surface area contributed by atoms with Gasteiger partial charge in [0.15, 0.2) is 0 Å². The third kappa shape index (κ3) is 5.04. The second kappa shape index (κ2) is 8.79. The normalized spacial score (nSPS) is 11.1. The van der Waals surface area contributed by atoms with Gasteiger partial charge in [0.1, 0.15) is 5.82 Å². The highest BCUT2D eigenvalue weighted by Crippen LogP contribution is 2.21. The number of aromatic nitrogens is 4. The lowest BCUT2D eigenvalue weighted by molar-refractivity contribution is -0.113. The number of aromatic amines is 1. The number of imidazole rings is 1. The Bertz CT molecular complexity index is 1120. The first kappa shape index (κ1) is 19.7. The van der Waals surface area contributed by atoms with Gasteiger partial charge < -0.3 is 14.7 Å². The zero-order valence-corrected chi connectivity index (χ0v) is 18.0. The van der Waals surface area contributed by atoms with Gasteiger partial charge in [0, 0.05) is 23.0 Å². The number of benzene rings is 2. The van der Waals surface area contributed by atoms with Crippen molar-refractivity contribution in [1.82, 2.24) is 20.2 Å². The Labute approximate surface area is 179 Å². The quantitative estimate of drug-likeness (QED) is 0.384. The molecule has 0 spiro atoms. The van der Waals surface area contributed by atoms with E-state index in [-0.39, 0.29) is 11.7 Å². The van der Waals surface area contributed by atoms with E-state index in [1.54, 1.807) is 0 Å². The average Bonchev–Trinajstić information content (AvgIpc) is 3.34. The third-order valence-corrected chi connectivity index (χ3v) is 5.94. The molecule has 9 heteroatoms. The monoisotopic (exact) mass is 471 g/mol. The van der Waals surface area contributed by atoms with Crippen molar-refractivity contribution in [2.45, 2.75) is 25.0 Å². The molecule has 0 saturated heterocycles. The van der Waals surface area contributed by atoms with E-state index in [2.05, 4.69) is 41.4 Å². The van der Waals surface area contributed by atoms with Crippen LogP contribution in [0.15, 0.2) is 56.6 Å². The topological polar surface area (TPSA) is 96.7 Å². The molecule has 0 radical (unpaired) electrons. The lowest BCUT2D eigenvalue weighted by atomic mass is 10.2. The summed E-state index contributed by atoms with van der Waals surface area (Å²) >= 11 is 4.66. The summed E-state index contributed by atoms with van der Waals surface area (Å²) in [6.45, 7) is 1.97. The molecule has 0 bridgehead atoms. The molecule has 0 atom stereocenters. The van der Waals surface area contributed by atoms with Crippen LogP contribution in [-0.4, -0.2) is 31.8 Å². The molecule has 2 aromatic heterocycles. The van der Waals surface area contributed by atoms with Gasteiger partial charge in [-0.05, 0) is 42.8 Å². The standard InChI is InChI=1S/C20H18BrN5O2S/c1-12-10-13(6-7-14(12)21)22-18(27)11-29-20-26-25-19(28-20)9-8-17-23-15-4-2-3-5-16(15)24-17/h2-7,10H,8-9,11H2,1H3,(H,22,27)(H,23,24). The lowest BCUT2D eigenvalue weighted by Crippen LogP contribution is -2.14. The van der Waals surface area contributed by atoms with Crippen LogP contribution in [0.4, 0.5) is 5.69 Å². The Balaban J connectivity index is 1.27. The van der Waals surface area contributed by atoms with Crippen molar-refractivity contribution in [2.75, 3.05) is 11.1 Å². The average molecular weight is 472 g/mol. The highest BCUT2D eigenvalue weighted by atomic mass is 79.9. The molecular weight excluding hydrogens is 454 g/mol. The Morgan fingerprint density at radius 3 is 2.90 bits per heavy atom. The number of carbonyl (C=O) groups excluding carboxylic acids is 1. The van der Waals surface area contributed by atoms with Crippen LogP contribution in [0.3, 0.4) is 0 Å². The van der Waals surface area contributed by atoms with Crippen molar-refractivity contribution < 1.29 is 9.21 Å². The van der Waals surface area contributed by atoms with Gasteiger partial charge in [0.05, 0.1) is 16.8 Å². The molecular formula is C20H18BrN5O2S. The van der Waals surface area contributed by atoms with E-state index >= 15 is 0 Å². The summed E-state index contributed by atoms with van der Waals surface area (Å²) < 4.78 is 6.63. The number of fused-ring (bicyclic) bond motifs is 1. The minimum Gasteiger partial charge on any atom is -0.416 e. The number of hydrogen-bond donors (Lipinski definition) is 2. The first-order chi connectivity index (χ1) is 14.1. The molecule has 0 aliphatic rings. The first-order valence-electron chi connectivity index (χ1n) is 9.01. The second-order valence-electron chi connectivity index (χ2n) is 6.46. The van der Waals surface area contributed by atoms with Crippen LogP contribution in [0.25, 0.3) is 11.0 Å². The van der Waals surface area contributed by atoms with Crippen LogP contribution >= 0.6 is 27.7 Å². The predicted molar refractivity (Wildman–Crippen MR) is 116 cm³/mol. The largest absolute Gasteiger partial charge is 0.416 e. The van der Waals surface area contributed by atoms with E-state index < -0.39 is 0 Å². The highest BCUT2D eigenvalue weighted by Gasteiger charge is 2.11. The Morgan fingerprint density at radius 1 is 1.21 bits per heavy atom. The smallest absolute Gasteiger partial charge is 0.277 e. The molecule has 148 valence electrons. The Morgan fingerprint density at radius 2 is 2.07 bits per heavy atom. The molecule has 7 nitrogen and oxygen atoms in total. The van der Waals surface area contributed by atoms with Crippen LogP contribution in [0.2, 0.25) is 0 Å². The number of anilines is 1. The second-order valence-corrected chi connectivity index (χ2v) is 8.24. The highest BCUT2D eigenvalue weighted by molar-refractivity contribution is 9.10. The number of para-hydroxylation sites is 2. The summed E-state index contributed by atoms with van der Waals surface area (Å²) in [4.78, 5) is 20.0. The van der Waals surface area contributed by atoms with Gasteiger partial charge in [-0.1, -0.05) is 39.8 Å². The molecule has 0 aliphatic carbocycles. The maximum atomic E-state index is 12.1. The Kier molecular flexibility index (Phi) is 5.96. The number of amides is 1. The number of thioether (sulfide) groups is 1. The van der Waals surface area contributed by atoms with Crippen LogP contribution in [0, 0.1) is 6.92 Å². The molecule has 1 amide bonds. The zero-order chi connectivity index (χ0) is 20.2. The molecule has 0 unspecified atom stereocenters. The van der Waals surface area contributed by atoms with Crippen LogP contribution in [0.5, 0.6) is 0 Å². The lowest BCUT2D eigenvalue weighted by Gasteiger charge is -2.06. The van der Waals surface area contributed by atoms with E-state index in [9.17, 15) is 4.79 Å². The summed E-state index contributed by atoms with van der Waals surface area (Å²) in [6.07, 6.45) is 1.25. The fourth-order valence-corrected chi connectivity index (χ4v) is 3.62. The summed E-state index contributed by atoms with van der Waals surface area (Å²) in [5, 5.41) is 11.3. The molecule has 0 fully saturated rings. The van der Waals surface area contributed by atoms with Crippen molar-refractivity contribution in [2.24, 2.45) is 0 Å². The number of nitrogens with zero attached hydrogens (tertiary/aromatic N) is 3. The van der Waals surface area contributed by atoms with Gasteiger partial charge in [-0.15, -0.1) is 10.2 Å². The van der Waals surface area contributed by atoms with E-state index in [4.69, 9.17) is 4.42 Å². The molecule has 2 aromatic carbocycles. The predicted octanol–water partition coefficient (Wildman–Crippen LogP) is 4.53. The minimum atomic E-state index is -0.126. The summed E-state index contributed by atoms with van der Waals surface area (Å²) in [5.41, 5.74) is 3.77. The number of nitrogens with one attached hydrogen (secondary N) is 2. The molecule has 2 N–H and O–H groups in total. The number of H-pyrrole nitrogens is 1. The fourth-order valence-electron chi connectivity index (χ4n) is 2.79. The molecule has 0 saturated carbocycles. The van der Waals surface area contributed by atoms with Crippen molar-refractivity contribution in [3.63, 3.8) is 0 Å². The minimum absolute atomic E-state index is 0.126. The number of halogens is 1. The maximum absolute atomic E-state index is 12.1. The third-order valence-electron chi connectivity index (χ3n) is 4.23. The van der Waals surface area contributed by atoms with Gasteiger partial charge in [0.25, 0.3) is 5.22 Å². The van der Waals surface area contributed by atoms with E-state index in [1.807, 2.05) is 49.4 Å². The van der Waals surface area contributed by atoms with Gasteiger partial charge >= 0.3 is 0 Å². The van der Waals surface area contributed by atoms with Crippen molar-refractivity contribution in [3.05, 3.63) is 64.2 Å². The molecule has 2 heterocycles. The molecule has 4 rings (SSSR count). The summed E-state index contributed by atoms with van der Waals surface area (Å²) in [6, 6.07) is 13.6. The van der Waals surface area contributed by atoms with E-state index in [0.29, 0.717) is 24.0 Å². The van der Waals surface area contributed by atoms with Crippen LogP contribution in [0.1, 0.15) is 17.3 Å². The SMILES string of the molecule is Cc1cc(NC(=O)CSc2nnc(CCc3nc4ccccc4[nH]3)o2)ccc1Br. The Hall–Kier alpha value is -2.65. The zero-order valence-electron chi connectivity index (χ0n) is 15.6. The number of hydrogen-bond acceptors (Lipinski definition) is 6. The number of aryl methyl sites for hydroxylation is 3. The fraction of sp³-hybridized carbons (Fsp3) is 0.200. The molecule has 4 aromatic rings. The maximum Gasteiger partial charge on any atom is 0.277 e. The number of carbonyl (C=O) groups is 1. The van der Waals surface area contributed by atoms with Crippen molar-refractivity contribution in [3.8, 4) is 0 Å². The van der Waals surface area contributed by atoms with Gasteiger partial charge in [-0.25, -0.2) is 4.98 Å². The summed E-state index contributed by atoms with van der Waals surface area (Å²) in [7, 11) is 0. The number of rotatable bonds is 7. The van der Waals surface area contributed by atoms with Crippen molar-refractivity contribution >= 4 is 50.3 Å². The van der Waals surface area contributed by atoms with Crippen LogP contribution in [-0.2, 0) is 17.6 Å². The van der Waals surface area contributed by atoms with E-state index in [1.165, 1.54) is 11.8 Å². The first-order valence-corrected chi connectivity index (χ1v) is 10.8.